The molecular weight excluding hydrogens is 209 g/mol. The van der Waals surface area contributed by atoms with Gasteiger partial charge in [-0.15, -0.1) is 0 Å². The van der Waals surface area contributed by atoms with Gasteiger partial charge in [-0.25, -0.2) is 4.79 Å². The van der Waals surface area contributed by atoms with Crippen molar-refractivity contribution in [3.63, 3.8) is 0 Å². The van der Waals surface area contributed by atoms with Crippen molar-refractivity contribution >= 4 is 5.97 Å². The maximum atomic E-state index is 12.3. The summed E-state index contributed by atoms with van der Waals surface area (Å²) in [6.45, 7) is 1.61. The highest BCUT2D eigenvalue weighted by Gasteiger charge is 2.31. The van der Waals surface area contributed by atoms with Gasteiger partial charge >= 0.3 is 12.1 Å². The van der Waals surface area contributed by atoms with Gasteiger partial charge in [-0.2, -0.15) is 13.2 Å². The molecule has 0 unspecified atom stereocenters. The summed E-state index contributed by atoms with van der Waals surface area (Å²) in [6.07, 6.45) is -4.17. The number of aryl methyl sites for hydroxylation is 1. The van der Waals surface area contributed by atoms with Crippen molar-refractivity contribution in [1.82, 2.24) is 0 Å². The number of aromatic carboxylic acids is 1. The fourth-order valence-electron chi connectivity index (χ4n) is 1.27. The topological polar surface area (TPSA) is 37.3 Å². The Morgan fingerprint density at radius 2 is 2.00 bits per heavy atom. The van der Waals surface area contributed by atoms with E-state index in [4.69, 9.17) is 5.11 Å². The Kier molecular flexibility index (Phi) is 3.02. The molecule has 0 amide bonds. The van der Waals surface area contributed by atoms with Gasteiger partial charge in [0.25, 0.3) is 0 Å². The lowest BCUT2D eigenvalue weighted by Gasteiger charge is -2.09. The molecule has 1 aromatic rings. The molecule has 0 atom stereocenters. The molecule has 0 aliphatic heterocycles. The largest absolute Gasteiger partial charge is 0.478 e. The first-order valence-electron chi connectivity index (χ1n) is 4.29. The summed E-state index contributed by atoms with van der Waals surface area (Å²) in [4.78, 5) is 10.7. The Morgan fingerprint density at radius 1 is 1.40 bits per heavy atom. The molecule has 0 aromatic heterocycles. The highest BCUT2D eigenvalue weighted by molar-refractivity contribution is 5.89. The van der Waals surface area contributed by atoms with Crippen LogP contribution in [0.5, 0.6) is 0 Å². The van der Waals surface area contributed by atoms with Crippen molar-refractivity contribution in [1.29, 1.82) is 0 Å². The normalized spacial score (nSPS) is 11.5. The van der Waals surface area contributed by atoms with E-state index in [0.717, 1.165) is 18.2 Å². The first-order chi connectivity index (χ1) is 6.86. The molecule has 0 bridgehead atoms. The molecule has 1 rings (SSSR count). The molecule has 2 nitrogen and oxygen atoms in total. The van der Waals surface area contributed by atoms with E-state index in [0.29, 0.717) is 0 Å². The van der Waals surface area contributed by atoms with Crippen LogP contribution in [0.25, 0.3) is 0 Å². The smallest absolute Gasteiger partial charge is 0.416 e. The molecule has 0 saturated heterocycles. The molecule has 1 N–H and O–H groups in total. The zero-order valence-electron chi connectivity index (χ0n) is 7.93. The second-order valence-corrected chi connectivity index (χ2v) is 3.03. The van der Waals surface area contributed by atoms with Gasteiger partial charge in [-0.1, -0.05) is 6.92 Å². The number of halogens is 3. The number of hydrogen-bond donors (Lipinski definition) is 1. The Morgan fingerprint density at radius 3 is 2.40 bits per heavy atom. The predicted octanol–water partition coefficient (Wildman–Crippen LogP) is 2.97. The summed E-state index contributed by atoms with van der Waals surface area (Å²) in [5, 5.41) is 8.71. The van der Waals surface area contributed by atoms with Crippen LogP contribution in [0.2, 0.25) is 0 Å². The molecule has 15 heavy (non-hydrogen) atoms. The van der Waals surface area contributed by atoms with Gasteiger partial charge < -0.3 is 5.11 Å². The lowest BCUT2D eigenvalue weighted by molar-refractivity contribution is -0.137. The van der Waals surface area contributed by atoms with Crippen LogP contribution in [0.3, 0.4) is 0 Å². The summed E-state index contributed by atoms with van der Waals surface area (Å²) >= 11 is 0. The maximum Gasteiger partial charge on any atom is 0.416 e. The minimum Gasteiger partial charge on any atom is -0.478 e. The minimum atomic E-state index is -4.43. The second kappa shape index (κ2) is 3.92. The summed E-state index contributed by atoms with van der Waals surface area (Å²) < 4.78 is 36.9. The average molecular weight is 218 g/mol. The van der Waals surface area contributed by atoms with Crippen LogP contribution in [0, 0.1) is 0 Å². The van der Waals surface area contributed by atoms with Gasteiger partial charge in [0.2, 0.25) is 0 Å². The van der Waals surface area contributed by atoms with Gasteiger partial charge in [-0.05, 0) is 30.2 Å². The fraction of sp³-hybridized carbons (Fsp3) is 0.300. The number of rotatable bonds is 2. The van der Waals surface area contributed by atoms with Gasteiger partial charge in [0.1, 0.15) is 0 Å². The zero-order valence-corrected chi connectivity index (χ0v) is 7.93. The van der Waals surface area contributed by atoms with Gasteiger partial charge in [-0.3, -0.25) is 0 Å². The lowest BCUT2D eigenvalue weighted by Crippen LogP contribution is -2.08. The monoisotopic (exact) mass is 218 g/mol. The third kappa shape index (κ3) is 2.49. The van der Waals surface area contributed by atoms with Crippen LogP contribution in [0.1, 0.15) is 28.4 Å². The van der Waals surface area contributed by atoms with Crippen molar-refractivity contribution in [2.24, 2.45) is 0 Å². The third-order valence-electron chi connectivity index (χ3n) is 2.04. The molecule has 0 heterocycles. The van der Waals surface area contributed by atoms with Gasteiger partial charge in [0, 0.05) is 0 Å². The van der Waals surface area contributed by atoms with E-state index in [9.17, 15) is 18.0 Å². The van der Waals surface area contributed by atoms with Crippen LogP contribution in [0.4, 0.5) is 13.2 Å². The van der Waals surface area contributed by atoms with E-state index in [1.165, 1.54) is 0 Å². The van der Waals surface area contributed by atoms with Crippen LogP contribution < -0.4 is 0 Å². The standard InChI is InChI=1S/C10H9F3O2/c1-2-6-5-7(10(11,12)13)3-4-8(6)9(14)15/h3-5H,2H2,1H3,(H,14,15). The molecule has 5 heteroatoms. The molecule has 0 radical (unpaired) electrons. The van der Waals surface area contributed by atoms with Crippen LogP contribution in [-0.2, 0) is 12.6 Å². The van der Waals surface area contributed by atoms with Crippen molar-refractivity contribution in [3.8, 4) is 0 Å². The van der Waals surface area contributed by atoms with Gasteiger partial charge in [0.05, 0.1) is 11.1 Å². The highest BCUT2D eigenvalue weighted by Crippen LogP contribution is 2.30. The Balaban J connectivity index is 3.25. The summed E-state index contributed by atoms with van der Waals surface area (Å²) in [5.74, 6) is -1.21. The average Bonchev–Trinajstić information content (AvgIpc) is 2.15. The maximum absolute atomic E-state index is 12.3. The number of carboxylic acid groups (broad SMARTS) is 1. The summed E-state index contributed by atoms with van der Waals surface area (Å²) in [7, 11) is 0. The fourth-order valence-corrected chi connectivity index (χ4v) is 1.27. The van der Waals surface area contributed by atoms with E-state index in [1.807, 2.05) is 0 Å². The second-order valence-electron chi connectivity index (χ2n) is 3.03. The van der Waals surface area contributed by atoms with Crippen molar-refractivity contribution in [3.05, 3.63) is 34.9 Å². The van der Waals surface area contributed by atoms with Crippen LogP contribution in [0.15, 0.2) is 18.2 Å². The molecular formula is C10H9F3O2. The van der Waals surface area contributed by atoms with E-state index in [2.05, 4.69) is 0 Å². The van der Waals surface area contributed by atoms with Crippen molar-refractivity contribution < 1.29 is 23.1 Å². The Hall–Kier alpha value is -1.52. The van der Waals surface area contributed by atoms with E-state index >= 15 is 0 Å². The van der Waals surface area contributed by atoms with Crippen molar-refractivity contribution in [2.75, 3.05) is 0 Å². The van der Waals surface area contributed by atoms with Gasteiger partial charge in [0.15, 0.2) is 0 Å². The first-order valence-corrected chi connectivity index (χ1v) is 4.29. The Bertz CT molecular complexity index is 383. The number of hydrogen-bond acceptors (Lipinski definition) is 1. The molecule has 0 fully saturated rings. The predicted molar refractivity (Wildman–Crippen MR) is 47.8 cm³/mol. The highest BCUT2D eigenvalue weighted by atomic mass is 19.4. The number of alkyl halides is 3. The quantitative estimate of drug-likeness (QED) is 0.828. The van der Waals surface area contributed by atoms with Crippen LogP contribution in [-0.4, -0.2) is 11.1 Å². The van der Waals surface area contributed by atoms with E-state index in [-0.39, 0.29) is 17.5 Å². The first kappa shape index (κ1) is 11.6. The number of carbonyl (C=O) groups is 1. The number of carboxylic acids is 1. The third-order valence-corrected chi connectivity index (χ3v) is 2.04. The summed E-state index contributed by atoms with van der Waals surface area (Å²) in [5.41, 5.74) is -0.702. The Labute approximate surface area is 84.3 Å². The van der Waals surface area contributed by atoms with E-state index in [1.54, 1.807) is 6.92 Å². The molecule has 0 aliphatic carbocycles. The minimum absolute atomic E-state index is 0.0782. The SMILES string of the molecule is CCc1cc(C(F)(F)F)ccc1C(=O)O. The molecule has 0 saturated carbocycles. The lowest BCUT2D eigenvalue weighted by atomic mass is 10.0. The molecule has 0 spiro atoms. The molecule has 1 aromatic carbocycles. The van der Waals surface area contributed by atoms with Crippen molar-refractivity contribution in [2.45, 2.75) is 19.5 Å². The molecule has 82 valence electrons. The summed E-state index contributed by atoms with van der Waals surface area (Å²) in [6, 6.07) is 2.65. The number of benzene rings is 1. The molecule has 0 aliphatic rings. The zero-order chi connectivity index (χ0) is 11.6. The van der Waals surface area contributed by atoms with Crippen LogP contribution >= 0.6 is 0 Å². The van der Waals surface area contributed by atoms with E-state index < -0.39 is 17.7 Å².